The van der Waals surface area contributed by atoms with E-state index in [0.29, 0.717) is 36.3 Å². The van der Waals surface area contributed by atoms with Crippen LogP contribution in [0, 0.1) is 6.92 Å². The highest BCUT2D eigenvalue weighted by atomic mass is 35.5. The number of methoxy groups -OCH3 is 1. The highest BCUT2D eigenvalue weighted by Crippen LogP contribution is 2.33. The summed E-state index contributed by atoms with van der Waals surface area (Å²) in [6, 6.07) is 11.1. The van der Waals surface area contributed by atoms with Gasteiger partial charge in [0.2, 0.25) is 0 Å². The molecule has 1 amide bonds. The molecule has 0 bridgehead atoms. The fraction of sp³-hybridized carbons (Fsp3) is 0.409. The quantitative estimate of drug-likeness (QED) is 0.504. The summed E-state index contributed by atoms with van der Waals surface area (Å²) in [5, 5.41) is 6.68. The van der Waals surface area contributed by atoms with Crippen LogP contribution in [0.4, 0.5) is 5.69 Å². The van der Waals surface area contributed by atoms with Gasteiger partial charge in [-0.2, -0.15) is 0 Å². The fourth-order valence-corrected chi connectivity index (χ4v) is 2.86. The molecule has 0 fully saturated rings. The molecule has 2 aromatic rings. The van der Waals surface area contributed by atoms with Gasteiger partial charge in [0.15, 0.2) is 18.1 Å². The Labute approximate surface area is 177 Å². The molecule has 7 heteroatoms. The number of carbonyl (C=O) groups is 1. The summed E-state index contributed by atoms with van der Waals surface area (Å²) in [5.41, 5.74) is 2.76. The maximum absolute atomic E-state index is 12.2. The first-order valence-electron chi connectivity index (χ1n) is 9.67. The Morgan fingerprint density at radius 3 is 2.52 bits per heavy atom. The number of halogens is 1. The summed E-state index contributed by atoms with van der Waals surface area (Å²) in [5.74, 6) is 0.754. The highest BCUT2D eigenvalue weighted by molar-refractivity contribution is 6.31. The van der Waals surface area contributed by atoms with Crippen LogP contribution in [-0.4, -0.2) is 39.4 Å². The molecule has 0 saturated carbocycles. The molecule has 0 radical (unpaired) electrons. The van der Waals surface area contributed by atoms with Crippen LogP contribution in [0.15, 0.2) is 36.4 Å². The summed E-state index contributed by atoms with van der Waals surface area (Å²) < 4.78 is 16.4. The first-order valence-corrected chi connectivity index (χ1v) is 10.1. The summed E-state index contributed by atoms with van der Waals surface area (Å²) >= 11 is 6.40. The number of nitrogens with one attached hydrogen (secondary N) is 2. The van der Waals surface area contributed by atoms with E-state index in [1.54, 1.807) is 13.2 Å². The van der Waals surface area contributed by atoms with Gasteiger partial charge in [0.05, 0.1) is 6.61 Å². The van der Waals surface area contributed by atoms with Crippen molar-refractivity contribution in [3.8, 4) is 11.5 Å². The van der Waals surface area contributed by atoms with Gasteiger partial charge in [0, 0.05) is 37.0 Å². The zero-order valence-electron chi connectivity index (χ0n) is 17.2. The zero-order chi connectivity index (χ0) is 21.1. The van der Waals surface area contributed by atoms with E-state index >= 15 is 0 Å². The lowest BCUT2D eigenvalue weighted by atomic mass is 10.2. The summed E-state index contributed by atoms with van der Waals surface area (Å²) in [7, 11) is 1.69. The average Bonchev–Trinajstić information content (AvgIpc) is 2.70. The fourth-order valence-electron chi connectivity index (χ4n) is 2.64. The molecule has 2 rings (SSSR count). The maximum atomic E-state index is 12.2. The molecular weight excluding hydrogens is 392 g/mol. The van der Waals surface area contributed by atoms with Crippen LogP contribution in [0.1, 0.15) is 24.5 Å². The van der Waals surface area contributed by atoms with E-state index in [1.807, 2.05) is 44.2 Å². The predicted molar refractivity (Wildman–Crippen MR) is 116 cm³/mol. The minimum atomic E-state index is -0.253. The van der Waals surface area contributed by atoms with Gasteiger partial charge < -0.3 is 24.8 Å². The topological polar surface area (TPSA) is 68.8 Å². The van der Waals surface area contributed by atoms with Crippen LogP contribution in [-0.2, 0) is 16.1 Å². The van der Waals surface area contributed by atoms with Crippen LogP contribution >= 0.6 is 11.6 Å². The molecule has 0 aliphatic heterocycles. The standard InChI is InChI=1S/C22H29ClN2O4/c1-4-28-20-12-17(14-24-10-5-11-27-3)19(23)13-21(20)29-15-22(26)25-18-8-6-16(2)7-9-18/h6-9,12-13,24H,4-5,10-11,14-15H2,1-3H3,(H,25,26). The Bertz CT molecular complexity index is 781. The van der Waals surface area contributed by atoms with E-state index in [1.165, 1.54) is 0 Å². The van der Waals surface area contributed by atoms with Crippen molar-refractivity contribution in [3.63, 3.8) is 0 Å². The first-order chi connectivity index (χ1) is 14.0. The molecule has 0 aliphatic carbocycles. The van der Waals surface area contributed by atoms with E-state index in [4.69, 9.17) is 25.8 Å². The average molecular weight is 421 g/mol. The number of rotatable bonds is 12. The molecule has 0 heterocycles. The third-order valence-electron chi connectivity index (χ3n) is 4.12. The van der Waals surface area contributed by atoms with E-state index in [9.17, 15) is 4.79 Å². The maximum Gasteiger partial charge on any atom is 0.262 e. The van der Waals surface area contributed by atoms with Gasteiger partial charge >= 0.3 is 0 Å². The van der Waals surface area contributed by atoms with Gasteiger partial charge in [-0.05, 0) is 50.6 Å². The van der Waals surface area contributed by atoms with E-state index in [-0.39, 0.29) is 12.5 Å². The molecule has 6 nitrogen and oxygen atoms in total. The number of amides is 1. The van der Waals surface area contributed by atoms with E-state index < -0.39 is 0 Å². The van der Waals surface area contributed by atoms with Gasteiger partial charge in [-0.3, -0.25) is 4.79 Å². The van der Waals surface area contributed by atoms with Crippen molar-refractivity contribution in [3.05, 3.63) is 52.5 Å². The minimum absolute atomic E-state index is 0.140. The second-order valence-electron chi connectivity index (χ2n) is 6.55. The normalized spacial score (nSPS) is 10.6. The minimum Gasteiger partial charge on any atom is -0.490 e. The molecule has 0 aromatic heterocycles. The van der Waals surface area contributed by atoms with Crippen LogP contribution in [0.3, 0.4) is 0 Å². The summed E-state index contributed by atoms with van der Waals surface area (Å²) in [6.07, 6.45) is 0.920. The van der Waals surface area contributed by atoms with Gasteiger partial charge in [-0.15, -0.1) is 0 Å². The summed E-state index contributed by atoms with van der Waals surface area (Å²) in [6.45, 7) is 6.37. The number of aryl methyl sites for hydroxylation is 1. The summed E-state index contributed by atoms with van der Waals surface area (Å²) in [4.78, 5) is 12.2. The van der Waals surface area contributed by atoms with E-state index in [0.717, 1.165) is 29.8 Å². The van der Waals surface area contributed by atoms with Gasteiger partial charge in [0.1, 0.15) is 0 Å². The Balaban J connectivity index is 1.96. The molecular formula is C22H29ClN2O4. The molecule has 0 saturated heterocycles. The lowest BCUT2D eigenvalue weighted by Gasteiger charge is -2.15. The number of ether oxygens (including phenoxy) is 3. The van der Waals surface area contributed by atoms with Crippen molar-refractivity contribution in [1.29, 1.82) is 0 Å². The molecule has 29 heavy (non-hydrogen) atoms. The van der Waals surface area contributed by atoms with Crippen LogP contribution < -0.4 is 20.1 Å². The Hall–Kier alpha value is -2.28. The predicted octanol–water partition coefficient (Wildman–Crippen LogP) is 4.19. The van der Waals surface area contributed by atoms with Crippen molar-refractivity contribution in [1.82, 2.24) is 5.32 Å². The van der Waals surface area contributed by atoms with Gasteiger partial charge in [-0.1, -0.05) is 29.3 Å². The number of carbonyl (C=O) groups excluding carboxylic acids is 1. The van der Waals surface area contributed by atoms with Crippen molar-refractivity contribution in [2.75, 3.05) is 38.8 Å². The van der Waals surface area contributed by atoms with Crippen molar-refractivity contribution in [2.24, 2.45) is 0 Å². The van der Waals surface area contributed by atoms with E-state index in [2.05, 4.69) is 10.6 Å². The second-order valence-corrected chi connectivity index (χ2v) is 6.96. The number of benzene rings is 2. The van der Waals surface area contributed by atoms with Gasteiger partial charge in [-0.25, -0.2) is 0 Å². The first kappa shape index (κ1) is 23.0. The second kappa shape index (κ2) is 12.3. The third kappa shape index (κ3) is 7.93. The molecule has 2 N–H and O–H groups in total. The highest BCUT2D eigenvalue weighted by Gasteiger charge is 2.13. The Kier molecular flexibility index (Phi) is 9.77. The van der Waals surface area contributed by atoms with Crippen molar-refractivity contribution in [2.45, 2.75) is 26.8 Å². The monoisotopic (exact) mass is 420 g/mol. The zero-order valence-corrected chi connectivity index (χ0v) is 18.0. The Morgan fingerprint density at radius 1 is 1.10 bits per heavy atom. The van der Waals surface area contributed by atoms with Crippen molar-refractivity contribution >= 4 is 23.2 Å². The molecule has 0 unspecified atom stereocenters. The number of anilines is 1. The smallest absolute Gasteiger partial charge is 0.262 e. The van der Waals surface area contributed by atoms with Crippen LogP contribution in [0.25, 0.3) is 0 Å². The molecule has 2 aromatic carbocycles. The number of hydrogen-bond donors (Lipinski definition) is 2. The lowest BCUT2D eigenvalue weighted by Crippen LogP contribution is -2.20. The van der Waals surface area contributed by atoms with Crippen molar-refractivity contribution < 1.29 is 19.0 Å². The third-order valence-corrected chi connectivity index (χ3v) is 4.48. The molecule has 0 aliphatic rings. The Morgan fingerprint density at radius 2 is 1.83 bits per heavy atom. The SMILES string of the molecule is CCOc1cc(CNCCCOC)c(Cl)cc1OCC(=O)Nc1ccc(C)cc1. The molecule has 0 atom stereocenters. The van der Waals surface area contributed by atoms with Crippen LogP contribution in [0.2, 0.25) is 5.02 Å². The number of hydrogen-bond acceptors (Lipinski definition) is 5. The van der Waals surface area contributed by atoms with Gasteiger partial charge in [0.25, 0.3) is 5.91 Å². The largest absolute Gasteiger partial charge is 0.490 e. The molecule has 0 spiro atoms. The lowest BCUT2D eigenvalue weighted by molar-refractivity contribution is -0.118. The molecule has 158 valence electrons. The van der Waals surface area contributed by atoms with Crippen LogP contribution in [0.5, 0.6) is 11.5 Å².